The van der Waals surface area contributed by atoms with E-state index in [0.29, 0.717) is 10.5 Å². The van der Waals surface area contributed by atoms with Crippen LogP contribution in [0.25, 0.3) is 0 Å². The van der Waals surface area contributed by atoms with Gasteiger partial charge in [0.05, 0.1) is 4.47 Å². The van der Waals surface area contributed by atoms with E-state index in [0.717, 1.165) is 32.1 Å². The standard InChI is InChI=1S/C16H24BrFN2/c1-3-20(11-13-5-4-8-19-10-13)12(2)14-6-7-16(18)15(17)9-14/h6-7,9,12-13,19H,3-5,8,10-11H2,1-2H3. The number of benzene rings is 1. The van der Waals surface area contributed by atoms with Crippen LogP contribution in [0.15, 0.2) is 22.7 Å². The van der Waals surface area contributed by atoms with Crippen LogP contribution in [-0.2, 0) is 0 Å². The fourth-order valence-corrected chi connectivity index (χ4v) is 3.35. The summed E-state index contributed by atoms with van der Waals surface area (Å²) >= 11 is 3.28. The maximum Gasteiger partial charge on any atom is 0.137 e. The van der Waals surface area contributed by atoms with Gasteiger partial charge >= 0.3 is 0 Å². The van der Waals surface area contributed by atoms with Crippen LogP contribution < -0.4 is 5.32 Å². The Bertz CT molecular complexity index is 432. The zero-order valence-corrected chi connectivity index (χ0v) is 13.9. The number of nitrogens with one attached hydrogen (secondary N) is 1. The first kappa shape index (κ1) is 15.9. The molecule has 2 unspecified atom stereocenters. The van der Waals surface area contributed by atoms with E-state index in [1.165, 1.54) is 18.4 Å². The monoisotopic (exact) mass is 342 g/mol. The number of hydrogen-bond acceptors (Lipinski definition) is 2. The molecule has 0 bridgehead atoms. The molecule has 1 saturated heterocycles. The largest absolute Gasteiger partial charge is 0.316 e. The molecule has 1 heterocycles. The van der Waals surface area contributed by atoms with Gasteiger partial charge in [0, 0.05) is 12.6 Å². The maximum absolute atomic E-state index is 13.3. The van der Waals surface area contributed by atoms with Crippen molar-refractivity contribution in [3.63, 3.8) is 0 Å². The fraction of sp³-hybridized carbons (Fsp3) is 0.625. The first-order chi connectivity index (χ1) is 9.61. The van der Waals surface area contributed by atoms with Gasteiger partial charge in [-0.05, 0) is 78.9 Å². The predicted molar refractivity (Wildman–Crippen MR) is 85.4 cm³/mol. The molecule has 0 radical (unpaired) electrons. The number of rotatable bonds is 5. The Morgan fingerprint density at radius 3 is 2.90 bits per heavy atom. The van der Waals surface area contributed by atoms with Crippen LogP contribution in [0.3, 0.4) is 0 Å². The summed E-state index contributed by atoms with van der Waals surface area (Å²) in [6.45, 7) is 8.82. The highest BCUT2D eigenvalue weighted by atomic mass is 79.9. The van der Waals surface area contributed by atoms with Crippen LogP contribution in [-0.4, -0.2) is 31.1 Å². The smallest absolute Gasteiger partial charge is 0.137 e. The van der Waals surface area contributed by atoms with E-state index in [-0.39, 0.29) is 5.82 Å². The SMILES string of the molecule is CCN(CC1CCCNC1)C(C)c1ccc(F)c(Br)c1. The van der Waals surface area contributed by atoms with E-state index in [1.54, 1.807) is 6.07 Å². The van der Waals surface area contributed by atoms with Crippen LogP contribution in [0.4, 0.5) is 4.39 Å². The van der Waals surface area contributed by atoms with Crippen molar-refractivity contribution in [1.29, 1.82) is 0 Å². The van der Waals surface area contributed by atoms with Gasteiger partial charge in [0.2, 0.25) is 0 Å². The average molecular weight is 343 g/mol. The normalized spacial score (nSPS) is 21.1. The average Bonchev–Trinajstić information content (AvgIpc) is 2.48. The first-order valence-corrected chi connectivity index (χ1v) is 8.30. The van der Waals surface area contributed by atoms with E-state index in [1.807, 2.05) is 12.1 Å². The summed E-state index contributed by atoms with van der Waals surface area (Å²) in [5.41, 5.74) is 1.17. The van der Waals surface area contributed by atoms with Crippen molar-refractivity contribution in [2.45, 2.75) is 32.7 Å². The van der Waals surface area contributed by atoms with Gasteiger partial charge in [0.25, 0.3) is 0 Å². The summed E-state index contributed by atoms with van der Waals surface area (Å²) in [5, 5.41) is 3.48. The van der Waals surface area contributed by atoms with E-state index in [2.05, 4.69) is 40.0 Å². The lowest BCUT2D eigenvalue weighted by Gasteiger charge is -2.33. The number of nitrogens with zero attached hydrogens (tertiary/aromatic N) is 1. The molecule has 0 spiro atoms. The Morgan fingerprint density at radius 1 is 1.50 bits per heavy atom. The highest BCUT2D eigenvalue weighted by Gasteiger charge is 2.21. The molecule has 1 aromatic rings. The quantitative estimate of drug-likeness (QED) is 0.870. The van der Waals surface area contributed by atoms with Gasteiger partial charge < -0.3 is 5.32 Å². The van der Waals surface area contributed by atoms with Crippen LogP contribution in [0.1, 0.15) is 38.3 Å². The molecule has 2 nitrogen and oxygen atoms in total. The second-order valence-electron chi connectivity index (χ2n) is 5.65. The summed E-state index contributed by atoms with van der Waals surface area (Å²) in [6, 6.07) is 5.67. The molecule has 20 heavy (non-hydrogen) atoms. The molecule has 2 rings (SSSR count). The highest BCUT2D eigenvalue weighted by Crippen LogP contribution is 2.26. The number of halogens is 2. The van der Waals surface area contributed by atoms with E-state index < -0.39 is 0 Å². The van der Waals surface area contributed by atoms with Gasteiger partial charge in [-0.1, -0.05) is 13.0 Å². The molecule has 0 aliphatic carbocycles. The van der Waals surface area contributed by atoms with Crippen molar-refractivity contribution in [2.75, 3.05) is 26.2 Å². The van der Waals surface area contributed by atoms with Crippen LogP contribution in [0.2, 0.25) is 0 Å². The highest BCUT2D eigenvalue weighted by molar-refractivity contribution is 9.10. The minimum Gasteiger partial charge on any atom is -0.316 e. The molecule has 1 aromatic carbocycles. The Morgan fingerprint density at radius 2 is 2.30 bits per heavy atom. The van der Waals surface area contributed by atoms with Gasteiger partial charge in [-0.25, -0.2) is 4.39 Å². The molecule has 1 fully saturated rings. The second kappa shape index (κ2) is 7.53. The molecule has 112 valence electrons. The topological polar surface area (TPSA) is 15.3 Å². The van der Waals surface area contributed by atoms with Crippen molar-refractivity contribution in [2.24, 2.45) is 5.92 Å². The molecule has 4 heteroatoms. The van der Waals surface area contributed by atoms with Gasteiger partial charge in [-0.15, -0.1) is 0 Å². The summed E-state index contributed by atoms with van der Waals surface area (Å²) in [7, 11) is 0. The second-order valence-corrected chi connectivity index (χ2v) is 6.50. The fourth-order valence-electron chi connectivity index (χ4n) is 2.96. The van der Waals surface area contributed by atoms with Crippen molar-refractivity contribution < 1.29 is 4.39 Å². The molecule has 1 aliphatic rings. The van der Waals surface area contributed by atoms with Gasteiger partial charge in [0.15, 0.2) is 0 Å². The molecule has 0 saturated carbocycles. The van der Waals surface area contributed by atoms with Crippen LogP contribution in [0.5, 0.6) is 0 Å². The summed E-state index contributed by atoms with van der Waals surface area (Å²) in [4.78, 5) is 2.48. The third kappa shape index (κ3) is 4.03. The van der Waals surface area contributed by atoms with Gasteiger partial charge in [0.1, 0.15) is 5.82 Å². The first-order valence-electron chi connectivity index (χ1n) is 7.51. The predicted octanol–water partition coefficient (Wildman–Crippen LogP) is 3.97. The molecule has 1 N–H and O–H groups in total. The van der Waals surface area contributed by atoms with Crippen molar-refractivity contribution >= 4 is 15.9 Å². The molecular formula is C16H24BrFN2. The summed E-state index contributed by atoms with van der Waals surface area (Å²) in [6.07, 6.45) is 2.59. The van der Waals surface area contributed by atoms with Crippen molar-refractivity contribution in [3.8, 4) is 0 Å². The minimum absolute atomic E-state index is 0.194. The zero-order valence-electron chi connectivity index (χ0n) is 12.3. The molecule has 0 amide bonds. The van der Waals surface area contributed by atoms with E-state index in [9.17, 15) is 4.39 Å². The Labute approximate surface area is 129 Å². The molecule has 1 aliphatic heterocycles. The Hall–Kier alpha value is -0.450. The van der Waals surface area contributed by atoms with Crippen LogP contribution in [0, 0.1) is 11.7 Å². The van der Waals surface area contributed by atoms with Crippen molar-refractivity contribution in [3.05, 3.63) is 34.1 Å². The van der Waals surface area contributed by atoms with E-state index in [4.69, 9.17) is 0 Å². The molecule has 2 atom stereocenters. The summed E-state index contributed by atoms with van der Waals surface area (Å²) in [5.74, 6) is 0.538. The maximum atomic E-state index is 13.3. The Balaban J connectivity index is 2.03. The molecular weight excluding hydrogens is 319 g/mol. The summed E-state index contributed by atoms with van der Waals surface area (Å²) < 4.78 is 13.9. The third-order valence-corrected chi connectivity index (χ3v) is 4.88. The minimum atomic E-state index is -0.194. The van der Waals surface area contributed by atoms with Gasteiger partial charge in [-0.2, -0.15) is 0 Å². The van der Waals surface area contributed by atoms with Crippen molar-refractivity contribution in [1.82, 2.24) is 10.2 Å². The van der Waals surface area contributed by atoms with Gasteiger partial charge in [-0.3, -0.25) is 4.90 Å². The molecule has 0 aromatic heterocycles. The Kier molecular flexibility index (Phi) is 6.00. The van der Waals surface area contributed by atoms with E-state index >= 15 is 0 Å². The number of piperidine rings is 1. The third-order valence-electron chi connectivity index (χ3n) is 4.27. The lowest BCUT2D eigenvalue weighted by atomic mass is 9.97. The number of hydrogen-bond donors (Lipinski definition) is 1. The zero-order chi connectivity index (χ0) is 14.5. The van der Waals surface area contributed by atoms with Crippen LogP contribution >= 0.6 is 15.9 Å². The lowest BCUT2D eigenvalue weighted by Crippen LogP contribution is -2.39. The lowest BCUT2D eigenvalue weighted by molar-refractivity contribution is 0.171.